The number of fused-ring (bicyclic) bond motifs is 3. The fourth-order valence-corrected chi connectivity index (χ4v) is 3.98. The molecule has 8 nitrogen and oxygen atoms in total. The molecule has 4 heterocycles. The second-order valence-corrected chi connectivity index (χ2v) is 7.55. The third kappa shape index (κ3) is 3.22. The Morgan fingerprint density at radius 2 is 2.10 bits per heavy atom. The molecule has 0 aliphatic carbocycles. The number of amidine groups is 1. The van der Waals surface area contributed by atoms with E-state index in [-0.39, 0.29) is 11.7 Å². The first-order valence-corrected chi connectivity index (χ1v) is 9.92. The standard InChI is InChI=1S/C22H21FN6O2/c1-12(7-25-13(2)24-3)15-6-19-22(29-11-27-28-21(15)29)26-8-16-17(23)4-5-18-20(16)14(9-30-18)10-31-19/h4-7,11,14,26H,3,8-10H2,1-2H3/b12-7+,25-13?/t14-/m1/s1. The van der Waals surface area contributed by atoms with Crippen molar-refractivity contribution in [1.29, 1.82) is 0 Å². The zero-order valence-electron chi connectivity index (χ0n) is 17.2. The molecule has 2 aromatic heterocycles. The average molecular weight is 420 g/mol. The Kier molecular flexibility index (Phi) is 4.65. The van der Waals surface area contributed by atoms with Crippen molar-refractivity contribution in [2.75, 3.05) is 18.5 Å². The van der Waals surface area contributed by atoms with Gasteiger partial charge in [0.15, 0.2) is 17.2 Å². The Morgan fingerprint density at radius 1 is 1.29 bits per heavy atom. The van der Waals surface area contributed by atoms with Crippen molar-refractivity contribution in [3.8, 4) is 11.5 Å². The number of nitrogens with one attached hydrogen (secondary N) is 1. The lowest BCUT2D eigenvalue weighted by atomic mass is 9.96. The summed E-state index contributed by atoms with van der Waals surface area (Å²) >= 11 is 0. The molecule has 0 spiro atoms. The van der Waals surface area contributed by atoms with E-state index in [1.54, 1.807) is 25.5 Å². The fourth-order valence-electron chi connectivity index (χ4n) is 3.98. The quantitative estimate of drug-likeness (QED) is 0.503. The highest BCUT2D eigenvalue weighted by atomic mass is 19.1. The van der Waals surface area contributed by atoms with Crippen LogP contribution in [0.3, 0.4) is 0 Å². The Labute approximate surface area is 178 Å². The van der Waals surface area contributed by atoms with Gasteiger partial charge in [-0.25, -0.2) is 14.4 Å². The molecule has 1 atom stereocenters. The molecule has 1 aromatic carbocycles. The van der Waals surface area contributed by atoms with Crippen molar-refractivity contribution >= 4 is 29.6 Å². The minimum Gasteiger partial charge on any atom is -0.493 e. The molecule has 2 aliphatic heterocycles. The summed E-state index contributed by atoms with van der Waals surface area (Å²) < 4.78 is 28.5. The van der Waals surface area contributed by atoms with Gasteiger partial charge in [-0.15, -0.1) is 10.2 Å². The number of hydrogen-bond acceptors (Lipinski definition) is 6. The largest absolute Gasteiger partial charge is 0.493 e. The summed E-state index contributed by atoms with van der Waals surface area (Å²) in [5.74, 6) is 2.27. The van der Waals surface area contributed by atoms with Crippen molar-refractivity contribution in [3.05, 3.63) is 53.2 Å². The highest BCUT2D eigenvalue weighted by Gasteiger charge is 2.31. The molecule has 1 N–H and O–H groups in total. The lowest BCUT2D eigenvalue weighted by Crippen LogP contribution is -2.13. The minimum atomic E-state index is -0.260. The monoisotopic (exact) mass is 420 g/mol. The predicted octanol–water partition coefficient (Wildman–Crippen LogP) is 3.83. The number of benzene rings is 1. The van der Waals surface area contributed by atoms with E-state index < -0.39 is 0 Å². The summed E-state index contributed by atoms with van der Waals surface area (Å²) in [4.78, 5) is 8.10. The maximum Gasteiger partial charge on any atom is 0.170 e. The molecule has 0 unspecified atom stereocenters. The number of ether oxygens (including phenoxy) is 2. The first kappa shape index (κ1) is 19.2. The number of nitrogens with zero attached hydrogens (tertiary/aromatic N) is 5. The molecule has 9 heteroatoms. The van der Waals surface area contributed by atoms with Crippen LogP contribution in [0.2, 0.25) is 0 Å². The van der Waals surface area contributed by atoms with Gasteiger partial charge < -0.3 is 14.8 Å². The number of aromatic nitrogens is 3. The van der Waals surface area contributed by atoms with Crippen molar-refractivity contribution in [1.82, 2.24) is 14.6 Å². The molecule has 3 aromatic rings. The van der Waals surface area contributed by atoms with Crippen LogP contribution < -0.4 is 14.8 Å². The van der Waals surface area contributed by atoms with Crippen LogP contribution in [0.25, 0.3) is 11.2 Å². The molecule has 31 heavy (non-hydrogen) atoms. The second kappa shape index (κ2) is 7.50. The van der Waals surface area contributed by atoms with Crippen LogP contribution in [0.1, 0.15) is 36.5 Å². The maximum absolute atomic E-state index is 14.7. The molecular weight excluding hydrogens is 399 g/mol. The van der Waals surface area contributed by atoms with Gasteiger partial charge in [-0.05, 0) is 44.3 Å². The first-order chi connectivity index (χ1) is 15.1. The van der Waals surface area contributed by atoms with Crippen molar-refractivity contribution in [2.45, 2.75) is 26.3 Å². The fraction of sp³-hybridized carbons (Fsp3) is 0.273. The maximum atomic E-state index is 14.7. The zero-order chi connectivity index (χ0) is 21.5. The molecule has 0 bridgehead atoms. The third-order valence-corrected chi connectivity index (χ3v) is 5.62. The molecule has 0 amide bonds. The lowest BCUT2D eigenvalue weighted by molar-refractivity contribution is 0.249. The van der Waals surface area contributed by atoms with Crippen LogP contribution in [0.5, 0.6) is 11.5 Å². The van der Waals surface area contributed by atoms with Crippen LogP contribution in [0.4, 0.5) is 10.2 Å². The second-order valence-electron chi connectivity index (χ2n) is 7.55. The van der Waals surface area contributed by atoms with Crippen LogP contribution in [-0.4, -0.2) is 40.4 Å². The summed E-state index contributed by atoms with van der Waals surface area (Å²) in [7, 11) is 0. The molecule has 0 fully saturated rings. The number of halogens is 1. The van der Waals surface area contributed by atoms with E-state index in [4.69, 9.17) is 9.47 Å². The minimum absolute atomic E-state index is 0.0453. The van der Waals surface area contributed by atoms with Gasteiger partial charge >= 0.3 is 0 Å². The van der Waals surface area contributed by atoms with Crippen molar-refractivity contribution < 1.29 is 13.9 Å². The average Bonchev–Trinajstić information content (AvgIpc) is 3.43. The summed E-state index contributed by atoms with van der Waals surface area (Å²) in [6.45, 7) is 8.31. The van der Waals surface area contributed by atoms with Gasteiger partial charge in [0.1, 0.15) is 23.7 Å². The van der Waals surface area contributed by atoms with Gasteiger partial charge in [-0.2, -0.15) is 0 Å². The Balaban J connectivity index is 1.62. The Bertz CT molecular complexity index is 1260. The van der Waals surface area contributed by atoms with Crippen LogP contribution in [0, 0.1) is 5.82 Å². The lowest BCUT2D eigenvalue weighted by Gasteiger charge is -2.16. The summed E-state index contributed by atoms with van der Waals surface area (Å²) in [6, 6.07) is 5.04. The van der Waals surface area contributed by atoms with E-state index >= 15 is 0 Å². The van der Waals surface area contributed by atoms with Gasteiger partial charge in [-0.1, -0.05) is 0 Å². The Hall–Kier alpha value is -3.75. The topological polar surface area (TPSA) is 85.4 Å². The molecule has 5 rings (SSSR count). The summed E-state index contributed by atoms with van der Waals surface area (Å²) in [6.07, 6.45) is 3.32. The van der Waals surface area contributed by atoms with Crippen LogP contribution >= 0.6 is 0 Å². The SMILES string of the molecule is C=NC(C)=N/C=C(\C)c1cc2c(n3cnnc13)NCc1c(F)ccc3c1[C@H](CO3)CO2. The number of aliphatic imine (C=N–C) groups is 2. The van der Waals surface area contributed by atoms with E-state index in [2.05, 4.69) is 32.2 Å². The van der Waals surface area contributed by atoms with Gasteiger partial charge in [0.05, 0.1) is 19.1 Å². The van der Waals surface area contributed by atoms with Crippen LogP contribution in [-0.2, 0) is 6.54 Å². The summed E-state index contributed by atoms with van der Waals surface area (Å²) in [5, 5.41) is 11.7. The molecule has 0 radical (unpaired) electrons. The Morgan fingerprint density at radius 3 is 2.90 bits per heavy atom. The molecular formula is C22H21FN6O2. The van der Waals surface area contributed by atoms with Crippen molar-refractivity contribution in [3.63, 3.8) is 0 Å². The van der Waals surface area contributed by atoms with Gasteiger partial charge in [0.2, 0.25) is 0 Å². The number of hydrogen-bond donors (Lipinski definition) is 1. The normalized spacial score (nSPS) is 18.1. The van der Waals surface area contributed by atoms with E-state index in [1.165, 1.54) is 6.07 Å². The molecule has 0 saturated carbocycles. The molecule has 158 valence electrons. The number of allylic oxidation sites excluding steroid dienone is 1. The molecule has 0 saturated heterocycles. The predicted molar refractivity (Wildman–Crippen MR) is 117 cm³/mol. The summed E-state index contributed by atoms with van der Waals surface area (Å²) in [5.41, 5.74) is 3.81. The van der Waals surface area contributed by atoms with E-state index in [0.29, 0.717) is 48.4 Å². The number of pyridine rings is 1. The van der Waals surface area contributed by atoms with Crippen molar-refractivity contribution in [2.24, 2.45) is 9.98 Å². The van der Waals surface area contributed by atoms with E-state index in [9.17, 15) is 4.39 Å². The number of anilines is 1. The van der Waals surface area contributed by atoms with E-state index in [0.717, 1.165) is 22.4 Å². The molecule has 2 aliphatic rings. The highest BCUT2D eigenvalue weighted by molar-refractivity contribution is 5.86. The smallest absolute Gasteiger partial charge is 0.170 e. The van der Waals surface area contributed by atoms with Gasteiger partial charge in [0.25, 0.3) is 0 Å². The van der Waals surface area contributed by atoms with E-state index in [1.807, 2.05) is 17.4 Å². The third-order valence-electron chi connectivity index (χ3n) is 5.62. The van der Waals surface area contributed by atoms with Gasteiger partial charge in [-0.3, -0.25) is 4.40 Å². The number of rotatable bonds is 2. The van der Waals surface area contributed by atoms with Gasteiger partial charge in [0, 0.05) is 29.4 Å². The first-order valence-electron chi connectivity index (χ1n) is 9.92. The zero-order valence-corrected chi connectivity index (χ0v) is 17.2. The highest BCUT2D eigenvalue weighted by Crippen LogP contribution is 2.41. The van der Waals surface area contributed by atoms with Crippen LogP contribution in [0.15, 0.2) is 40.7 Å².